The van der Waals surface area contributed by atoms with Gasteiger partial charge >= 0.3 is 0 Å². The first kappa shape index (κ1) is 24.3. The second-order valence-corrected chi connectivity index (χ2v) is 9.86. The number of piperidine rings is 1. The standard InChI is InChI=1S/C28H38N4.ClH/c1-2-7-22(8-3-1)20-32-21-27(26-10-4-5-11-28(26)32)25(23-9-6-15-30-19-23)14-18-31-24-12-16-29-17-13-24;/h4-6,9-11,15,19,21-22,24-25,29,31H,1-3,7-8,12-14,16-18,20H2;1H. The summed E-state index contributed by atoms with van der Waals surface area (Å²) in [5.74, 6) is 1.20. The van der Waals surface area contributed by atoms with Crippen molar-refractivity contribution in [3.05, 3.63) is 66.1 Å². The fourth-order valence-electron chi connectivity index (χ4n) is 5.89. The molecular weight excluding hydrogens is 428 g/mol. The first-order chi connectivity index (χ1) is 15.9. The summed E-state index contributed by atoms with van der Waals surface area (Å²) in [7, 11) is 0. The maximum Gasteiger partial charge on any atom is 0.0483 e. The van der Waals surface area contributed by atoms with Crippen molar-refractivity contribution in [1.29, 1.82) is 0 Å². The van der Waals surface area contributed by atoms with Crippen molar-refractivity contribution in [3.8, 4) is 0 Å². The Bertz CT molecular complexity index is 974. The summed E-state index contributed by atoms with van der Waals surface area (Å²) in [6.45, 7) is 4.48. The van der Waals surface area contributed by atoms with Gasteiger partial charge in [0, 0.05) is 48.0 Å². The van der Waals surface area contributed by atoms with Gasteiger partial charge in [0.05, 0.1) is 0 Å². The number of halogens is 1. The zero-order valence-corrected chi connectivity index (χ0v) is 20.5. The fourth-order valence-corrected chi connectivity index (χ4v) is 5.89. The molecule has 0 radical (unpaired) electrons. The molecule has 3 heterocycles. The molecule has 2 aliphatic rings. The highest BCUT2D eigenvalue weighted by Crippen LogP contribution is 2.35. The van der Waals surface area contributed by atoms with Crippen LogP contribution in [0, 0.1) is 5.92 Å². The van der Waals surface area contributed by atoms with Gasteiger partial charge in [0.2, 0.25) is 0 Å². The number of rotatable bonds is 8. The monoisotopic (exact) mass is 466 g/mol. The van der Waals surface area contributed by atoms with Crippen LogP contribution in [0.5, 0.6) is 0 Å². The van der Waals surface area contributed by atoms with Crippen LogP contribution in [0.4, 0.5) is 0 Å². The molecule has 1 saturated heterocycles. The van der Waals surface area contributed by atoms with Crippen LogP contribution in [-0.2, 0) is 6.54 Å². The quantitative estimate of drug-likeness (QED) is 0.434. The lowest BCUT2D eigenvalue weighted by Gasteiger charge is -2.25. The molecule has 5 rings (SSSR count). The summed E-state index contributed by atoms with van der Waals surface area (Å²) in [5, 5.41) is 8.73. The molecular formula is C28H39ClN4. The smallest absolute Gasteiger partial charge is 0.0483 e. The van der Waals surface area contributed by atoms with E-state index in [1.165, 1.54) is 67.0 Å². The largest absolute Gasteiger partial charge is 0.347 e. The fraction of sp³-hybridized carbons (Fsp3) is 0.536. The van der Waals surface area contributed by atoms with Crippen LogP contribution in [0.1, 0.15) is 68.4 Å². The molecule has 3 aromatic rings. The minimum atomic E-state index is 0. The second-order valence-electron chi connectivity index (χ2n) is 9.86. The van der Waals surface area contributed by atoms with Crippen molar-refractivity contribution < 1.29 is 0 Å². The number of benzene rings is 1. The summed E-state index contributed by atoms with van der Waals surface area (Å²) < 4.78 is 2.56. The van der Waals surface area contributed by atoms with Gasteiger partial charge in [0.15, 0.2) is 0 Å². The van der Waals surface area contributed by atoms with E-state index in [1.807, 2.05) is 6.20 Å². The second kappa shape index (κ2) is 12.0. The van der Waals surface area contributed by atoms with E-state index in [0.717, 1.165) is 38.5 Å². The molecule has 1 atom stereocenters. The molecule has 2 aromatic heterocycles. The lowest BCUT2D eigenvalue weighted by Crippen LogP contribution is -2.40. The molecule has 1 saturated carbocycles. The molecule has 0 spiro atoms. The number of nitrogens with zero attached hydrogens (tertiary/aromatic N) is 2. The van der Waals surface area contributed by atoms with E-state index in [9.17, 15) is 0 Å². The highest BCUT2D eigenvalue weighted by atomic mass is 35.5. The number of pyridine rings is 1. The summed E-state index contributed by atoms with van der Waals surface area (Å²) in [6.07, 6.45) is 17.0. The van der Waals surface area contributed by atoms with E-state index in [1.54, 1.807) is 0 Å². The number of hydrogen-bond acceptors (Lipinski definition) is 3. The zero-order valence-electron chi connectivity index (χ0n) is 19.7. The SMILES string of the molecule is Cl.c1cncc(C(CCNC2CCNCC2)c2cn(CC3CCCCC3)c3ccccc23)c1. The van der Waals surface area contributed by atoms with Crippen LogP contribution in [0.25, 0.3) is 10.9 Å². The van der Waals surface area contributed by atoms with E-state index < -0.39 is 0 Å². The van der Waals surface area contributed by atoms with E-state index in [2.05, 4.69) is 69.0 Å². The van der Waals surface area contributed by atoms with E-state index in [0.29, 0.717) is 12.0 Å². The van der Waals surface area contributed by atoms with Crippen molar-refractivity contribution >= 4 is 23.3 Å². The first-order valence-corrected chi connectivity index (χ1v) is 12.8. The van der Waals surface area contributed by atoms with Gasteiger partial charge in [0.1, 0.15) is 0 Å². The van der Waals surface area contributed by atoms with Gasteiger partial charge in [-0.25, -0.2) is 0 Å². The Balaban J connectivity index is 0.00000259. The maximum atomic E-state index is 4.47. The van der Waals surface area contributed by atoms with E-state index in [-0.39, 0.29) is 12.4 Å². The molecule has 2 N–H and O–H groups in total. The minimum Gasteiger partial charge on any atom is -0.347 e. The Hall–Kier alpha value is -1.88. The Morgan fingerprint density at radius 3 is 2.61 bits per heavy atom. The lowest BCUT2D eigenvalue weighted by molar-refractivity contribution is 0.322. The molecule has 0 bridgehead atoms. The third-order valence-electron chi connectivity index (χ3n) is 7.67. The number of hydrogen-bond donors (Lipinski definition) is 2. The Morgan fingerprint density at radius 2 is 1.82 bits per heavy atom. The summed E-state index contributed by atoms with van der Waals surface area (Å²) in [5.41, 5.74) is 4.20. The highest BCUT2D eigenvalue weighted by molar-refractivity contribution is 5.85. The summed E-state index contributed by atoms with van der Waals surface area (Å²) in [4.78, 5) is 4.47. The van der Waals surface area contributed by atoms with Crippen molar-refractivity contribution in [2.24, 2.45) is 5.92 Å². The van der Waals surface area contributed by atoms with Crippen molar-refractivity contribution in [3.63, 3.8) is 0 Å². The molecule has 2 fully saturated rings. The average Bonchev–Trinajstić information content (AvgIpc) is 3.22. The molecule has 1 aromatic carbocycles. The van der Waals surface area contributed by atoms with Gasteiger partial charge in [-0.15, -0.1) is 12.4 Å². The normalized spacial score (nSPS) is 18.8. The van der Waals surface area contributed by atoms with Gasteiger partial charge in [0.25, 0.3) is 0 Å². The lowest BCUT2D eigenvalue weighted by atomic mass is 9.89. The topological polar surface area (TPSA) is 41.9 Å². The number of fused-ring (bicyclic) bond motifs is 1. The average molecular weight is 467 g/mol. The zero-order chi connectivity index (χ0) is 21.6. The molecule has 0 amide bonds. The van der Waals surface area contributed by atoms with Crippen LogP contribution < -0.4 is 10.6 Å². The maximum absolute atomic E-state index is 4.47. The predicted molar refractivity (Wildman–Crippen MR) is 140 cm³/mol. The molecule has 1 unspecified atom stereocenters. The van der Waals surface area contributed by atoms with E-state index in [4.69, 9.17) is 0 Å². The van der Waals surface area contributed by atoms with Crippen molar-refractivity contribution in [1.82, 2.24) is 20.2 Å². The number of nitrogens with one attached hydrogen (secondary N) is 2. The Kier molecular flexibility index (Phi) is 8.82. The molecule has 178 valence electrons. The molecule has 1 aliphatic heterocycles. The van der Waals surface area contributed by atoms with Gasteiger partial charge in [-0.3, -0.25) is 4.98 Å². The molecule has 5 heteroatoms. The Labute approximate surface area is 205 Å². The van der Waals surface area contributed by atoms with Crippen molar-refractivity contribution in [2.75, 3.05) is 19.6 Å². The minimum absolute atomic E-state index is 0. The summed E-state index contributed by atoms with van der Waals surface area (Å²) in [6, 6.07) is 14.0. The van der Waals surface area contributed by atoms with Crippen LogP contribution in [0.15, 0.2) is 55.0 Å². The third kappa shape index (κ3) is 5.98. The first-order valence-electron chi connectivity index (χ1n) is 12.8. The van der Waals surface area contributed by atoms with Gasteiger partial charge < -0.3 is 15.2 Å². The number of para-hydroxylation sites is 1. The molecule has 1 aliphatic carbocycles. The van der Waals surface area contributed by atoms with Crippen LogP contribution >= 0.6 is 12.4 Å². The van der Waals surface area contributed by atoms with E-state index >= 15 is 0 Å². The van der Waals surface area contributed by atoms with Crippen molar-refractivity contribution in [2.45, 2.75) is 69.9 Å². The predicted octanol–water partition coefficient (Wildman–Crippen LogP) is 5.90. The van der Waals surface area contributed by atoms with Crippen LogP contribution in [0.2, 0.25) is 0 Å². The van der Waals surface area contributed by atoms with Crippen LogP contribution in [0.3, 0.4) is 0 Å². The number of aromatic nitrogens is 2. The van der Waals surface area contributed by atoms with Gasteiger partial charge in [-0.1, -0.05) is 43.5 Å². The van der Waals surface area contributed by atoms with Crippen LogP contribution in [-0.4, -0.2) is 35.2 Å². The molecule has 33 heavy (non-hydrogen) atoms. The van der Waals surface area contributed by atoms with Gasteiger partial charge in [-0.2, -0.15) is 0 Å². The molecule has 4 nitrogen and oxygen atoms in total. The third-order valence-corrected chi connectivity index (χ3v) is 7.67. The highest BCUT2D eigenvalue weighted by Gasteiger charge is 2.22. The van der Waals surface area contributed by atoms with Gasteiger partial charge in [-0.05, 0) is 80.9 Å². The summed E-state index contributed by atoms with van der Waals surface area (Å²) >= 11 is 0. The Morgan fingerprint density at radius 1 is 1.00 bits per heavy atom.